The zero-order chi connectivity index (χ0) is 22.5. The summed E-state index contributed by atoms with van der Waals surface area (Å²) in [5, 5.41) is 15.8. The molecular formula is C26H20N2O4. The van der Waals surface area contributed by atoms with Crippen molar-refractivity contribution in [2.24, 2.45) is 5.10 Å². The largest absolute Gasteiger partial charge is 0.507 e. The number of hydrogen-bond acceptors (Lipinski definition) is 5. The lowest BCUT2D eigenvalue weighted by atomic mass is 10.1. The fourth-order valence-electron chi connectivity index (χ4n) is 3.20. The molecule has 4 rings (SSSR count). The van der Waals surface area contributed by atoms with Gasteiger partial charge in [0.05, 0.1) is 17.3 Å². The molecule has 0 radical (unpaired) electrons. The Morgan fingerprint density at radius 2 is 1.62 bits per heavy atom. The van der Waals surface area contributed by atoms with Crippen LogP contribution in [0.3, 0.4) is 0 Å². The number of benzene rings is 4. The average Bonchev–Trinajstić information content (AvgIpc) is 2.79. The van der Waals surface area contributed by atoms with Crippen molar-refractivity contribution in [3.8, 4) is 11.5 Å². The smallest absolute Gasteiger partial charge is 0.343 e. The number of phenolic OH excluding ortho intramolecular Hbond substituents is 1. The molecule has 4 aromatic rings. The van der Waals surface area contributed by atoms with Crippen molar-refractivity contribution < 1.29 is 19.4 Å². The Hall–Kier alpha value is -4.45. The predicted molar refractivity (Wildman–Crippen MR) is 123 cm³/mol. The summed E-state index contributed by atoms with van der Waals surface area (Å²) in [5.74, 6) is -0.666. The van der Waals surface area contributed by atoms with E-state index >= 15 is 0 Å². The maximum absolute atomic E-state index is 12.4. The maximum Gasteiger partial charge on any atom is 0.343 e. The summed E-state index contributed by atoms with van der Waals surface area (Å²) in [6.45, 7) is 1.91. The summed E-state index contributed by atoms with van der Waals surface area (Å²) in [6, 6.07) is 24.5. The molecule has 0 saturated heterocycles. The second-order valence-corrected chi connectivity index (χ2v) is 7.24. The van der Waals surface area contributed by atoms with Crippen LogP contribution in [-0.4, -0.2) is 23.2 Å². The van der Waals surface area contributed by atoms with Gasteiger partial charge in [-0.1, -0.05) is 42.0 Å². The number of aromatic hydroxyl groups is 1. The highest BCUT2D eigenvalue weighted by molar-refractivity contribution is 6.01. The molecule has 2 N–H and O–H groups in total. The first-order valence-electron chi connectivity index (χ1n) is 9.94. The predicted octanol–water partition coefficient (Wildman–Crippen LogP) is 4.84. The number of amides is 1. The van der Waals surface area contributed by atoms with Gasteiger partial charge >= 0.3 is 5.97 Å². The minimum Gasteiger partial charge on any atom is -0.507 e. The van der Waals surface area contributed by atoms with Crippen LogP contribution in [0.4, 0.5) is 0 Å². The molecule has 0 atom stereocenters. The Morgan fingerprint density at radius 3 is 2.34 bits per heavy atom. The third-order valence-corrected chi connectivity index (χ3v) is 4.83. The molecule has 0 unspecified atom stereocenters. The topological polar surface area (TPSA) is 88.0 Å². The second-order valence-electron chi connectivity index (χ2n) is 7.24. The highest BCUT2D eigenvalue weighted by Crippen LogP contribution is 2.24. The van der Waals surface area contributed by atoms with E-state index in [4.69, 9.17) is 4.74 Å². The van der Waals surface area contributed by atoms with Gasteiger partial charge in [0.15, 0.2) is 0 Å². The van der Waals surface area contributed by atoms with Gasteiger partial charge in [0.25, 0.3) is 5.91 Å². The van der Waals surface area contributed by atoms with Crippen molar-refractivity contribution in [3.05, 3.63) is 107 Å². The number of aryl methyl sites for hydroxylation is 1. The van der Waals surface area contributed by atoms with Crippen molar-refractivity contribution >= 4 is 28.9 Å². The minimum absolute atomic E-state index is 0.115. The molecule has 32 heavy (non-hydrogen) atoms. The summed E-state index contributed by atoms with van der Waals surface area (Å²) < 4.78 is 5.38. The summed E-state index contributed by atoms with van der Waals surface area (Å²) in [5.41, 5.74) is 4.71. The number of nitrogens with one attached hydrogen (secondary N) is 1. The van der Waals surface area contributed by atoms with Crippen molar-refractivity contribution in [3.63, 3.8) is 0 Å². The molecule has 1 amide bonds. The zero-order valence-electron chi connectivity index (χ0n) is 17.3. The van der Waals surface area contributed by atoms with E-state index in [9.17, 15) is 14.7 Å². The molecule has 158 valence electrons. The fraction of sp³-hybridized carbons (Fsp3) is 0.0385. The number of hydrogen-bond donors (Lipinski definition) is 2. The number of ether oxygens (including phenoxy) is 1. The number of hydrazone groups is 1. The SMILES string of the molecule is Cc1cccc(C(=O)Oc2ccc(/C=N/NC(=O)c3cc4ccccc4cc3O)cc2)c1. The van der Waals surface area contributed by atoms with Gasteiger partial charge in [-0.2, -0.15) is 5.10 Å². The van der Waals surface area contributed by atoms with Crippen LogP contribution in [0.15, 0.2) is 90.0 Å². The number of carbonyl (C=O) groups is 2. The van der Waals surface area contributed by atoms with Gasteiger partial charge < -0.3 is 9.84 Å². The van der Waals surface area contributed by atoms with E-state index in [1.807, 2.05) is 37.3 Å². The van der Waals surface area contributed by atoms with Crippen molar-refractivity contribution in [2.75, 3.05) is 0 Å². The van der Waals surface area contributed by atoms with Crippen molar-refractivity contribution in [1.82, 2.24) is 5.43 Å². The van der Waals surface area contributed by atoms with Gasteiger partial charge in [0, 0.05) is 0 Å². The number of nitrogens with zero attached hydrogens (tertiary/aromatic N) is 1. The van der Waals surface area contributed by atoms with E-state index in [1.165, 1.54) is 6.21 Å². The molecule has 4 aromatic carbocycles. The fourth-order valence-corrected chi connectivity index (χ4v) is 3.20. The number of phenols is 1. The molecule has 0 heterocycles. The highest BCUT2D eigenvalue weighted by Gasteiger charge is 2.12. The zero-order valence-corrected chi connectivity index (χ0v) is 17.3. The molecule has 0 aliphatic carbocycles. The first kappa shape index (κ1) is 20.8. The van der Waals surface area contributed by atoms with Gasteiger partial charge in [-0.25, -0.2) is 10.2 Å². The van der Waals surface area contributed by atoms with E-state index in [0.29, 0.717) is 16.9 Å². The molecular weight excluding hydrogens is 404 g/mol. The van der Waals surface area contributed by atoms with Crippen LogP contribution in [0, 0.1) is 6.92 Å². The third-order valence-electron chi connectivity index (χ3n) is 4.83. The molecule has 0 spiro atoms. The summed E-state index contributed by atoms with van der Waals surface area (Å²) in [6.07, 6.45) is 1.46. The molecule has 0 saturated carbocycles. The van der Waals surface area contributed by atoms with Crippen LogP contribution in [-0.2, 0) is 0 Å². The summed E-state index contributed by atoms with van der Waals surface area (Å²) in [7, 11) is 0. The lowest BCUT2D eigenvalue weighted by Crippen LogP contribution is -2.17. The Labute approximate surface area is 184 Å². The number of esters is 1. The Bertz CT molecular complexity index is 1330. The van der Waals surface area contributed by atoms with Crippen LogP contribution in [0.25, 0.3) is 10.8 Å². The molecule has 0 fully saturated rings. The third kappa shape index (κ3) is 4.82. The number of fused-ring (bicyclic) bond motifs is 1. The van der Waals surface area contributed by atoms with E-state index in [0.717, 1.165) is 16.3 Å². The Morgan fingerprint density at radius 1 is 0.906 bits per heavy atom. The normalized spacial score (nSPS) is 10.9. The van der Waals surface area contributed by atoms with Crippen molar-refractivity contribution in [1.29, 1.82) is 0 Å². The standard InChI is InChI=1S/C26H20N2O4/c1-17-5-4-8-21(13-17)26(31)32-22-11-9-18(10-12-22)16-27-28-25(30)23-14-19-6-2-3-7-20(19)15-24(23)29/h2-16,29H,1H3,(H,28,30)/b27-16+. The molecule has 0 aliphatic heterocycles. The van der Waals surface area contributed by atoms with Crippen molar-refractivity contribution in [2.45, 2.75) is 6.92 Å². The van der Waals surface area contributed by atoms with Crippen LogP contribution >= 0.6 is 0 Å². The van der Waals surface area contributed by atoms with E-state index in [1.54, 1.807) is 54.6 Å². The lowest BCUT2D eigenvalue weighted by Gasteiger charge is -2.06. The quantitative estimate of drug-likeness (QED) is 0.208. The van der Waals surface area contributed by atoms with E-state index in [2.05, 4.69) is 10.5 Å². The molecule has 0 aliphatic rings. The summed E-state index contributed by atoms with van der Waals surface area (Å²) >= 11 is 0. The second kappa shape index (κ2) is 9.14. The van der Waals surface area contributed by atoms with Gasteiger partial charge in [-0.15, -0.1) is 0 Å². The Kier molecular flexibility index (Phi) is 5.94. The monoisotopic (exact) mass is 424 g/mol. The van der Waals surface area contributed by atoms with Gasteiger partial charge in [-0.05, 0) is 71.8 Å². The first-order chi connectivity index (χ1) is 15.5. The van der Waals surface area contributed by atoms with Crippen LogP contribution < -0.4 is 10.2 Å². The van der Waals surface area contributed by atoms with E-state index in [-0.39, 0.29) is 11.3 Å². The van der Waals surface area contributed by atoms with E-state index < -0.39 is 11.9 Å². The average molecular weight is 424 g/mol. The Balaban J connectivity index is 1.38. The van der Waals surface area contributed by atoms with Crippen LogP contribution in [0.1, 0.15) is 31.8 Å². The molecule has 0 bridgehead atoms. The van der Waals surface area contributed by atoms with Crippen LogP contribution in [0.2, 0.25) is 0 Å². The van der Waals surface area contributed by atoms with Gasteiger partial charge in [0.1, 0.15) is 11.5 Å². The number of carbonyl (C=O) groups excluding carboxylic acids is 2. The molecule has 6 heteroatoms. The molecule has 6 nitrogen and oxygen atoms in total. The lowest BCUT2D eigenvalue weighted by molar-refractivity contribution is 0.0734. The van der Waals surface area contributed by atoms with Gasteiger partial charge in [0.2, 0.25) is 0 Å². The van der Waals surface area contributed by atoms with Gasteiger partial charge in [-0.3, -0.25) is 4.79 Å². The first-order valence-corrected chi connectivity index (χ1v) is 9.94. The summed E-state index contributed by atoms with van der Waals surface area (Å²) in [4.78, 5) is 24.6. The molecule has 0 aromatic heterocycles. The minimum atomic E-state index is -0.520. The number of rotatable bonds is 5. The highest BCUT2D eigenvalue weighted by atomic mass is 16.5. The van der Waals surface area contributed by atoms with Crippen LogP contribution in [0.5, 0.6) is 11.5 Å². The maximum atomic E-state index is 12.4.